The molecule has 4 atom stereocenters. The van der Waals surface area contributed by atoms with Crippen molar-refractivity contribution in [2.24, 2.45) is 17.4 Å². The minimum Gasteiger partial charge on any atom is -0.480 e. The van der Waals surface area contributed by atoms with Crippen molar-refractivity contribution in [1.29, 1.82) is 0 Å². The van der Waals surface area contributed by atoms with E-state index in [9.17, 15) is 24.3 Å². The van der Waals surface area contributed by atoms with Crippen LogP contribution in [0.25, 0.3) is 10.9 Å². The molecule has 12 heteroatoms. The lowest BCUT2D eigenvalue weighted by Crippen LogP contribution is -2.57. The molecule has 11 nitrogen and oxygen atoms in total. The predicted molar refractivity (Wildman–Crippen MR) is 150 cm³/mol. The van der Waals surface area contributed by atoms with Crippen molar-refractivity contribution < 1.29 is 24.3 Å². The number of carbonyl (C=O) groups is 4. The average molecular weight is 549 g/mol. The lowest BCUT2D eigenvalue weighted by molar-refractivity contribution is -0.142. The number of nitrogens with two attached hydrogens (primary N) is 2. The number of fused-ring (bicyclic) bond motifs is 1. The predicted octanol–water partition coefficient (Wildman–Crippen LogP) is 0.682. The quantitative estimate of drug-likeness (QED) is 0.112. The summed E-state index contributed by atoms with van der Waals surface area (Å²) in [6.45, 7) is 4.13. The first-order valence-corrected chi connectivity index (χ1v) is 13.5. The number of aromatic nitrogens is 1. The molecule has 1 heterocycles. The van der Waals surface area contributed by atoms with E-state index >= 15 is 0 Å². The highest BCUT2D eigenvalue weighted by Crippen LogP contribution is 2.19. The second-order valence-electron chi connectivity index (χ2n) is 9.79. The second-order valence-corrected chi connectivity index (χ2v) is 10.2. The maximum absolute atomic E-state index is 13.5. The number of amides is 3. The third-order valence-corrected chi connectivity index (χ3v) is 6.56. The molecular formula is C26H40N6O5S. The average Bonchev–Trinajstić information content (AvgIpc) is 3.29. The van der Waals surface area contributed by atoms with Crippen LogP contribution in [0.2, 0.25) is 0 Å². The van der Waals surface area contributed by atoms with Crippen LogP contribution in [0.4, 0.5) is 0 Å². The van der Waals surface area contributed by atoms with Crippen LogP contribution in [0.5, 0.6) is 0 Å². The van der Waals surface area contributed by atoms with E-state index < -0.39 is 47.9 Å². The molecule has 0 spiro atoms. The fourth-order valence-corrected chi connectivity index (χ4v) is 4.26. The summed E-state index contributed by atoms with van der Waals surface area (Å²) in [6.07, 6.45) is 3.58. The first kappa shape index (κ1) is 31.1. The zero-order chi connectivity index (χ0) is 28.2. The van der Waals surface area contributed by atoms with Gasteiger partial charge in [-0.05, 0) is 49.8 Å². The molecule has 2 rings (SSSR count). The first-order valence-electron chi connectivity index (χ1n) is 12.8. The number of H-pyrrole nitrogens is 1. The van der Waals surface area contributed by atoms with E-state index in [0.717, 1.165) is 16.5 Å². The molecule has 3 amide bonds. The number of benzene rings is 1. The molecule has 1 aromatic carbocycles. The molecule has 0 saturated carbocycles. The summed E-state index contributed by atoms with van der Waals surface area (Å²) < 4.78 is 0. The molecule has 0 fully saturated rings. The molecule has 2 aromatic rings. The normalized spacial score (nSPS) is 14.5. The van der Waals surface area contributed by atoms with Gasteiger partial charge in [0.1, 0.15) is 18.1 Å². The number of rotatable bonds is 16. The summed E-state index contributed by atoms with van der Waals surface area (Å²) >= 11 is 4.07. The number of thiol groups is 1. The van der Waals surface area contributed by atoms with Crippen molar-refractivity contribution in [2.45, 2.75) is 70.1 Å². The van der Waals surface area contributed by atoms with Gasteiger partial charge in [-0.15, -0.1) is 0 Å². The zero-order valence-corrected chi connectivity index (χ0v) is 22.8. The van der Waals surface area contributed by atoms with E-state index in [1.54, 1.807) is 6.20 Å². The van der Waals surface area contributed by atoms with Gasteiger partial charge in [-0.3, -0.25) is 14.4 Å². The molecule has 0 aliphatic carbocycles. The molecule has 38 heavy (non-hydrogen) atoms. The molecular weight excluding hydrogens is 508 g/mol. The van der Waals surface area contributed by atoms with Crippen molar-refractivity contribution in [3.05, 3.63) is 36.0 Å². The van der Waals surface area contributed by atoms with Gasteiger partial charge in [0.2, 0.25) is 17.7 Å². The molecule has 0 aliphatic rings. The number of nitrogens with one attached hydrogen (secondary N) is 4. The van der Waals surface area contributed by atoms with E-state index in [1.165, 1.54) is 0 Å². The number of carboxylic acids is 1. The number of carboxylic acid groups (broad SMARTS) is 1. The van der Waals surface area contributed by atoms with Gasteiger partial charge in [-0.25, -0.2) is 4.79 Å². The summed E-state index contributed by atoms with van der Waals surface area (Å²) in [6, 6.07) is 3.50. The standard InChI is InChI=1S/C26H40N6O5S/c1-15(2)11-22(26(36)37)32-24(34)20(9-5-6-10-27)30-25(35)21(31-23(33)18(28)14-38)12-16-13-29-19-8-4-3-7-17(16)19/h3-4,7-8,13,15,18,20-22,29,38H,5-6,9-12,14,27-28H2,1-2H3,(H,30,35)(H,31,33)(H,32,34)(H,36,37). The Balaban J connectivity index is 2.27. The Bertz CT molecular complexity index is 1090. The Labute approximate surface area is 228 Å². The maximum atomic E-state index is 13.5. The third kappa shape index (κ3) is 9.34. The highest BCUT2D eigenvalue weighted by Gasteiger charge is 2.30. The highest BCUT2D eigenvalue weighted by molar-refractivity contribution is 7.80. The fraction of sp³-hybridized carbons (Fsp3) is 0.538. The molecule has 9 N–H and O–H groups in total. The number of aliphatic carboxylic acids is 1. The van der Waals surface area contributed by atoms with Crippen molar-refractivity contribution in [3.63, 3.8) is 0 Å². The SMILES string of the molecule is CC(C)CC(NC(=O)C(CCCCN)NC(=O)C(Cc1c[nH]c2ccccc12)NC(=O)C(N)CS)C(=O)O. The number of hydrogen-bond donors (Lipinski definition) is 8. The molecule has 0 saturated heterocycles. The first-order chi connectivity index (χ1) is 18.1. The Kier molecular flexibility index (Phi) is 12.6. The van der Waals surface area contributed by atoms with Gasteiger partial charge in [0.05, 0.1) is 6.04 Å². The summed E-state index contributed by atoms with van der Waals surface area (Å²) in [4.78, 5) is 54.0. The van der Waals surface area contributed by atoms with Crippen molar-refractivity contribution >= 4 is 47.2 Å². The van der Waals surface area contributed by atoms with E-state index in [1.807, 2.05) is 38.1 Å². The van der Waals surface area contributed by atoms with Crippen LogP contribution in [-0.2, 0) is 25.6 Å². The van der Waals surface area contributed by atoms with Gasteiger partial charge >= 0.3 is 5.97 Å². The minimum atomic E-state index is -1.15. The molecule has 210 valence electrons. The second kappa shape index (κ2) is 15.4. The lowest BCUT2D eigenvalue weighted by Gasteiger charge is -2.25. The summed E-state index contributed by atoms with van der Waals surface area (Å²) in [5.41, 5.74) is 13.1. The van der Waals surface area contributed by atoms with Crippen LogP contribution >= 0.6 is 12.6 Å². The minimum absolute atomic E-state index is 0.0356. The number of aromatic amines is 1. The van der Waals surface area contributed by atoms with E-state index in [-0.39, 0.29) is 30.9 Å². The van der Waals surface area contributed by atoms with E-state index in [4.69, 9.17) is 11.5 Å². The lowest BCUT2D eigenvalue weighted by atomic mass is 10.0. The number of carbonyl (C=O) groups excluding carboxylic acids is 3. The fourth-order valence-electron chi connectivity index (χ4n) is 4.09. The van der Waals surface area contributed by atoms with Gasteiger partial charge in [0.25, 0.3) is 0 Å². The molecule has 0 radical (unpaired) electrons. The number of unbranched alkanes of at least 4 members (excludes halogenated alkanes) is 1. The summed E-state index contributed by atoms with van der Waals surface area (Å²) in [5.74, 6) is -2.76. The summed E-state index contributed by atoms with van der Waals surface area (Å²) in [7, 11) is 0. The molecule has 1 aromatic heterocycles. The van der Waals surface area contributed by atoms with Crippen molar-refractivity contribution in [2.75, 3.05) is 12.3 Å². The number of hydrogen-bond acceptors (Lipinski definition) is 7. The van der Waals surface area contributed by atoms with E-state index in [2.05, 4.69) is 33.6 Å². The van der Waals surface area contributed by atoms with Crippen LogP contribution < -0.4 is 27.4 Å². The van der Waals surface area contributed by atoms with Crippen molar-refractivity contribution in [1.82, 2.24) is 20.9 Å². The van der Waals surface area contributed by atoms with Crippen molar-refractivity contribution in [3.8, 4) is 0 Å². The topological polar surface area (TPSA) is 192 Å². The Morgan fingerprint density at radius 3 is 2.24 bits per heavy atom. The molecule has 4 unspecified atom stereocenters. The summed E-state index contributed by atoms with van der Waals surface area (Å²) in [5, 5.41) is 18.4. The zero-order valence-electron chi connectivity index (χ0n) is 21.9. The largest absolute Gasteiger partial charge is 0.480 e. The van der Waals surface area contributed by atoms with Crippen LogP contribution in [0.1, 0.15) is 45.1 Å². The van der Waals surface area contributed by atoms with Crippen LogP contribution in [-0.4, -0.2) is 70.2 Å². The van der Waals surface area contributed by atoms with Gasteiger partial charge in [-0.1, -0.05) is 32.0 Å². The number of para-hydroxylation sites is 1. The van der Waals surface area contributed by atoms with Gasteiger partial charge in [0.15, 0.2) is 0 Å². The Hall–Kier alpha value is -3.09. The van der Waals surface area contributed by atoms with E-state index in [0.29, 0.717) is 19.4 Å². The molecule has 0 aliphatic heterocycles. The molecule has 0 bridgehead atoms. The Morgan fingerprint density at radius 2 is 1.61 bits per heavy atom. The maximum Gasteiger partial charge on any atom is 0.326 e. The van der Waals surface area contributed by atoms with Crippen LogP contribution in [0, 0.1) is 5.92 Å². The van der Waals surface area contributed by atoms with Gasteiger partial charge in [-0.2, -0.15) is 12.6 Å². The van der Waals surface area contributed by atoms with Gasteiger partial charge < -0.3 is 37.5 Å². The third-order valence-electron chi connectivity index (χ3n) is 6.17. The smallest absolute Gasteiger partial charge is 0.326 e. The Morgan fingerprint density at radius 1 is 0.974 bits per heavy atom. The van der Waals surface area contributed by atoms with Gasteiger partial charge in [0, 0.05) is 29.3 Å². The monoisotopic (exact) mass is 548 g/mol. The van der Waals surface area contributed by atoms with Crippen LogP contribution in [0.3, 0.4) is 0 Å². The van der Waals surface area contributed by atoms with Crippen LogP contribution in [0.15, 0.2) is 30.5 Å². The highest BCUT2D eigenvalue weighted by atomic mass is 32.1.